The Kier molecular flexibility index (Phi) is 10.3. The number of carbonyl (C=O) groups is 7. The van der Waals surface area contributed by atoms with Gasteiger partial charge in [0.25, 0.3) is 0 Å². The number of hydrogen-bond acceptors (Lipinski definition) is 12. The minimum atomic E-state index is -2.14. The molecule has 178 valence electrons. The zero-order valence-electron chi connectivity index (χ0n) is 16.6. The number of hydrogen-bond donors (Lipinski definition) is 4. The Labute approximate surface area is 184 Å². The van der Waals surface area contributed by atoms with Gasteiger partial charge in [-0.25, -0.2) is 14.4 Å². The van der Waals surface area contributed by atoms with Crippen molar-refractivity contribution in [2.75, 3.05) is 0 Å². The van der Waals surface area contributed by atoms with Gasteiger partial charge in [0.05, 0.1) is 12.8 Å². The summed E-state index contributed by atoms with van der Waals surface area (Å²) in [6.45, 7) is 0. The van der Waals surface area contributed by atoms with E-state index in [-0.39, 0.29) is 5.56 Å². The molecule has 0 saturated carbocycles. The van der Waals surface area contributed by atoms with Crippen molar-refractivity contribution in [1.29, 1.82) is 0 Å². The summed E-state index contributed by atoms with van der Waals surface area (Å²) in [6, 6.07) is 7.31. The third-order valence-corrected chi connectivity index (χ3v) is 3.61. The molecule has 0 saturated heterocycles. The molecule has 0 heterocycles. The van der Waals surface area contributed by atoms with Gasteiger partial charge in [0.1, 0.15) is 6.42 Å². The molecule has 0 fully saturated rings. The van der Waals surface area contributed by atoms with Gasteiger partial charge >= 0.3 is 41.8 Å². The van der Waals surface area contributed by atoms with Crippen LogP contribution in [-0.4, -0.2) is 74.4 Å². The lowest BCUT2D eigenvalue weighted by molar-refractivity contribution is -0.175. The summed E-state index contributed by atoms with van der Waals surface area (Å²) in [5.41, 5.74) is 0.0910. The maximum atomic E-state index is 11.9. The molecular formula is C19H18O14. The summed E-state index contributed by atoms with van der Waals surface area (Å²) >= 11 is 0. The Morgan fingerprint density at radius 3 is 1.73 bits per heavy atom. The van der Waals surface area contributed by atoms with Crippen molar-refractivity contribution in [2.24, 2.45) is 0 Å². The first-order chi connectivity index (χ1) is 15.4. The van der Waals surface area contributed by atoms with E-state index in [1.54, 1.807) is 6.07 Å². The molecule has 0 amide bonds. The number of aliphatic carboxylic acids is 2. The molecule has 0 spiro atoms. The van der Waals surface area contributed by atoms with Gasteiger partial charge < -0.3 is 34.6 Å². The topological polar surface area (TPSA) is 228 Å². The zero-order valence-corrected chi connectivity index (χ0v) is 16.6. The van der Waals surface area contributed by atoms with E-state index in [1.807, 2.05) is 0 Å². The lowest BCUT2D eigenvalue weighted by Crippen LogP contribution is -2.33. The van der Waals surface area contributed by atoms with Crippen LogP contribution >= 0.6 is 0 Å². The maximum absolute atomic E-state index is 11.9. The number of carboxylic acid groups (broad SMARTS) is 2. The Balaban J connectivity index is 2.56. The van der Waals surface area contributed by atoms with E-state index in [2.05, 4.69) is 14.2 Å². The Bertz CT molecular complexity index is 922. The summed E-state index contributed by atoms with van der Waals surface area (Å²) in [4.78, 5) is 79.5. The van der Waals surface area contributed by atoms with Crippen LogP contribution in [0.2, 0.25) is 0 Å². The van der Waals surface area contributed by atoms with Crippen LogP contribution in [0, 0.1) is 0 Å². The number of esters is 5. The van der Waals surface area contributed by atoms with Crippen molar-refractivity contribution >= 4 is 41.8 Å². The van der Waals surface area contributed by atoms with Gasteiger partial charge in [-0.15, -0.1) is 0 Å². The van der Waals surface area contributed by atoms with E-state index in [1.165, 1.54) is 24.3 Å². The van der Waals surface area contributed by atoms with Crippen LogP contribution < -0.4 is 0 Å². The SMILES string of the molecule is O=C(CC(=O)OC(=O)CC(OC(=O)[C@H](O)c1ccccc1)C(=O)O)OC(=O)CC(O)C(=O)O. The monoisotopic (exact) mass is 470 g/mol. The van der Waals surface area contributed by atoms with Crippen LogP contribution in [0.4, 0.5) is 0 Å². The highest BCUT2D eigenvalue weighted by Gasteiger charge is 2.31. The number of aliphatic hydroxyl groups is 2. The van der Waals surface area contributed by atoms with Gasteiger partial charge in [-0.1, -0.05) is 30.3 Å². The van der Waals surface area contributed by atoms with Crippen molar-refractivity contribution < 1.29 is 68.2 Å². The van der Waals surface area contributed by atoms with E-state index in [0.29, 0.717) is 0 Å². The normalized spacial score (nSPS) is 13.0. The fourth-order valence-electron chi connectivity index (χ4n) is 2.08. The molecular weight excluding hydrogens is 452 g/mol. The lowest BCUT2D eigenvalue weighted by Gasteiger charge is -2.16. The van der Waals surface area contributed by atoms with E-state index in [4.69, 9.17) is 15.3 Å². The number of carbonyl (C=O) groups excluding carboxylic acids is 5. The van der Waals surface area contributed by atoms with Gasteiger partial charge in [0, 0.05) is 0 Å². The predicted octanol–water partition coefficient (Wildman–Crippen LogP) is -1.53. The summed E-state index contributed by atoms with van der Waals surface area (Å²) in [7, 11) is 0. The van der Waals surface area contributed by atoms with Crippen molar-refractivity contribution in [2.45, 2.75) is 37.6 Å². The summed E-state index contributed by atoms with van der Waals surface area (Å²) in [5, 5.41) is 36.4. The van der Waals surface area contributed by atoms with E-state index >= 15 is 0 Å². The molecule has 1 aromatic rings. The number of benzene rings is 1. The number of aliphatic hydroxyl groups excluding tert-OH is 2. The largest absolute Gasteiger partial charge is 0.479 e. The van der Waals surface area contributed by atoms with Crippen molar-refractivity contribution in [3.05, 3.63) is 35.9 Å². The molecule has 4 N–H and O–H groups in total. The van der Waals surface area contributed by atoms with Crippen LogP contribution in [0.3, 0.4) is 0 Å². The number of carboxylic acids is 2. The molecule has 1 rings (SSSR count). The molecule has 14 nitrogen and oxygen atoms in total. The summed E-state index contributed by atoms with van der Waals surface area (Å²) in [6.07, 6.45) is -9.66. The van der Waals surface area contributed by atoms with Gasteiger partial charge in [-0.05, 0) is 5.56 Å². The minimum Gasteiger partial charge on any atom is -0.479 e. The van der Waals surface area contributed by atoms with E-state index < -0.39 is 79.4 Å². The Morgan fingerprint density at radius 2 is 1.24 bits per heavy atom. The highest BCUT2D eigenvalue weighted by Crippen LogP contribution is 2.16. The second kappa shape index (κ2) is 12.6. The Morgan fingerprint density at radius 1 is 0.727 bits per heavy atom. The first-order valence-electron chi connectivity index (χ1n) is 8.94. The molecule has 14 heteroatoms. The number of rotatable bonds is 11. The van der Waals surface area contributed by atoms with Crippen LogP contribution in [0.25, 0.3) is 0 Å². The van der Waals surface area contributed by atoms with Gasteiger partial charge in [0.15, 0.2) is 12.2 Å². The first kappa shape index (κ1) is 26.9. The molecule has 33 heavy (non-hydrogen) atoms. The quantitative estimate of drug-likeness (QED) is 0.163. The molecule has 2 unspecified atom stereocenters. The molecule has 0 aromatic heterocycles. The molecule has 0 aliphatic heterocycles. The van der Waals surface area contributed by atoms with Crippen LogP contribution in [0.15, 0.2) is 30.3 Å². The molecule has 3 atom stereocenters. The fourth-order valence-corrected chi connectivity index (χ4v) is 2.08. The highest BCUT2D eigenvalue weighted by atomic mass is 16.6. The lowest BCUT2D eigenvalue weighted by atomic mass is 10.1. The highest BCUT2D eigenvalue weighted by molar-refractivity contribution is 6.00. The van der Waals surface area contributed by atoms with Crippen molar-refractivity contribution in [3.8, 4) is 0 Å². The van der Waals surface area contributed by atoms with Gasteiger partial charge in [-0.3, -0.25) is 19.2 Å². The van der Waals surface area contributed by atoms with Crippen molar-refractivity contribution in [3.63, 3.8) is 0 Å². The molecule has 0 aliphatic carbocycles. The predicted molar refractivity (Wildman–Crippen MR) is 98.6 cm³/mol. The Hall–Kier alpha value is -4.17. The van der Waals surface area contributed by atoms with Crippen LogP contribution in [-0.2, 0) is 47.8 Å². The molecule has 0 aliphatic rings. The third-order valence-electron chi connectivity index (χ3n) is 3.61. The van der Waals surface area contributed by atoms with Crippen LogP contribution in [0.5, 0.6) is 0 Å². The first-order valence-corrected chi connectivity index (χ1v) is 8.94. The van der Waals surface area contributed by atoms with E-state index in [0.717, 1.165) is 0 Å². The number of ether oxygens (including phenoxy) is 3. The van der Waals surface area contributed by atoms with Gasteiger partial charge in [0.2, 0.25) is 6.10 Å². The molecule has 1 aromatic carbocycles. The molecule has 0 bridgehead atoms. The molecule has 0 radical (unpaired) electrons. The fraction of sp³-hybridized carbons (Fsp3) is 0.316. The minimum absolute atomic E-state index is 0.0910. The van der Waals surface area contributed by atoms with Gasteiger partial charge in [-0.2, -0.15) is 0 Å². The van der Waals surface area contributed by atoms with Crippen LogP contribution in [0.1, 0.15) is 30.9 Å². The van der Waals surface area contributed by atoms with Crippen molar-refractivity contribution in [1.82, 2.24) is 0 Å². The van der Waals surface area contributed by atoms with E-state index in [9.17, 15) is 38.7 Å². The zero-order chi connectivity index (χ0) is 25.1. The summed E-state index contributed by atoms with van der Waals surface area (Å²) < 4.78 is 12.8. The average molecular weight is 470 g/mol. The summed E-state index contributed by atoms with van der Waals surface area (Å²) in [5.74, 6) is -11.0. The standard InChI is InChI=1S/C19H18O14/c20-10(17(26)27)6-12(21)32-14(23)8-15(24)33-13(22)7-11(18(28)29)31-19(30)16(25)9-4-2-1-3-5-9/h1-5,10-11,16,20,25H,6-8H2,(H,26,27)(H,28,29)/t10?,11?,16-/m1/s1. The maximum Gasteiger partial charge on any atom is 0.345 e. The second-order valence-electron chi connectivity index (χ2n) is 6.21. The third kappa shape index (κ3) is 9.67. The smallest absolute Gasteiger partial charge is 0.345 e. The second-order valence-corrected chi connectivity index (χ2v) is 6.21. The average Bonchev–Trinajstić information content (AvgIpc) is 2.72.